The maximum atomic E-state index is 12.3. The smallest absolute Gasteiger partial charge is 0.323 e. The van der Waals surface area contributed by atoms with Crippen molar-refractivity contribution in [3.63, 3.8) is 0 Å². The zero-order chi connectivity index (χ0) is 13.9. The second kappa shape index (κ2) is 5.48. The molecule has 0 aliphatic carbocycles. The van der Waals surface area contributed by atoms with E-state index in [1.165, 1.54) is 16.4 Å². The lowest BCUT2D eigenvalue weighted by Gasteiger charge is -2.28. The molecule has 100 valence electrons. The van der Waals surface area contributed by atoms with Gasteiger partial charge >= 0.3 is 5.97 Å². The lowest BCUT2D eigenvalue weighted by atomic mass is 9.95. The summed E-state index contributed by atoms with van der Waals surface area (Å²) in [5.41, 5.74) is 0.988. The number of carbonyl (C=O) groups is 2. The molecule has 0 spiro atoms. The molecule has 1 rings (SSSR count). The van der Waals surface area contributed by atoms with Crippen LogP contribution in [0, 0.1) is 12.3 Å². The van der Waals surface area contributed by atoms with Gasteiger partial charge in [-0.1, -0.05) is 20.8 Å². The number of aryl methyl sites for hydroxylation is 1. The summed E-state index contributed by atoms with van der Waals surface area (Å²) in [6, 6.07) is 0. The Morgan fingerprint density at radius 1 is 1.44 bits per heavy atom. The van der Waals surface area contributed by atoms with E-state index in [9.17, 15) is 9.59 Å². The number of aliphatic carboxylic acids is 1. The fourth-order valence-electron chi connectivity index (χ4n) is 1.60. The van der Waals surface area contributed by atoms with Crippen molar-refractivity contribution in [2.24, 2.45) is 5.41 Å². The maximum Gasteiger partial charge on any atom is 0.323 e. The SMILES string of the molecule is Cc1nscc1C(=O)N(CC(=O)O)CC(C)(C)C. The van der Waals surface area contributed by atoms with E-state index in [1.54, 1.807) is 12.3 Å². The van der Waals surface area contributed by atoms with E-state index < -0.39 is 5.97 Å². The van der Waals surface area contributed by atoms with Crippen LogP contribution < -0.4 is 0 Å². The first-order valence-corrected chi connectivity index (χ1v) is 6.46. The van der Waals surface area contributed by atoms with Gasteiger partial charge in [0.15, 0.2) is 0 Å². The van der Waals surface area contributed by atoms with Crippen molar-refractivity contribution >= 4 is 23.4 Å². The molecule has 6 heteroatoms. The Morgan fingerprint density at radius 3 is 2.44 bits per heavy atom. The van der Waals surface area contributed by atoms with Crippen molar-refractivity contribution in [1.82, 2.24) is 9.27 Å². The van der Waals surface area contributed by atoms with E-state index >= 15 is 0 Å². The molecule has 1 aromatic heterocycles. The summed E-state index contributed by atoms with van der Waals surface area (Å²) in [7, 11) is 0. The monoisotopic (exact) mass is 270 g/mol. The van der Waals surface area contributed by atoms with E-state index in [4.69, 9.17) is 5.11 Å². The largest absolute Gasteiger partial charge is 0.480 e. The molecule has 1 heterocycles. The van der Waals surface area contributed by atoms with Gasteiger partial charge in [0.2, 0.25) is 0 Å². The highest BCUT2D eigenvalue weighted by atomic mass is 32.1. The molecule has 5 nitrogen and oxygen atoms in total. The number of amides is 1. The summed E-state index contributed by atoms with van der Waals surface area (Å²) in [5, 5.41) is 10.6. The van der Waals surface area contributed by atoms with Crippen molar-refractivity contribution in [1.29, 1.82) is 0 Å². The van der Waals surface area contributed by atoms with Gasteiger partial charge in [0.1, 0.15) is 6.54 Å². The molecule has 0 fully saturated rings. The lowest BCUT2D eigenvalue weighted by Crippen LogP contribution is -2.41. The predicted molar refractivity (Wildman–Crippen MR) is 69.8 cm³/mol. The summed E-state index contributed by atoms with van der Waals surface area (Å²) >= 11 is 1.20. The van der Waals surface area contributed by atoms with Crippen LogP contribution in [0.3, 0.4) is 0 Å². The zero-order valence-electron chi connectivity index (χ0n) is 11.1. The highest BCUT2D eigenvalue weighted by Gasteiger charge is 2.25. The molecule has 1 aromatic rings. The quantitative estimate of drug-likeness (QED) is 0.908. The van der Waals surface area contributed by atoms with Crippen LogP contribution in [0.25, 0.3) is 0 Å². The number of carboxylic acid groups (broad SMARTS) is 1. The Balaban J connectivity index is 2.93. The minimum absolute atomic E-state index is 0.150. The Bertz CT molecular complexity index is 448. The van der Waals surface area contributed by atoms with Crippen molar-refractivity contribution in [2.45, 2.75) is 27.7 Å². The number of carbonyl (C=O) groups excluding carboxylic acids is 1. The molecule has 18 heavy (non-hydrogen) atoms. The van der Waals surface area contributed by atoms with Crippen LogP contribution in [0.5, 0.6) is 0 Å². The minimum atomic E-state index is -1.01. The molecule has 0 saturated carbocycles. The first kappa shape index (κ1) is 14.6. The summed E-state index contributed by atoms with van der Waals surface area (Å²) in [6.45, 7) is 7.76. The van der Waals surface area contributed by atoms with E-state index in [0.717, 1.165) is 0 Å². The number of nitrogens with zero attached hydrogens (tertiary/aromatic N) is 2. The van der Waals surface area contributed by atoms with Gasteiger partial charge in [-0.2, -0.15) is 4.37 Å². The average Bonchev–Trinajstić information content (AvgIpc) is 2.59. The highest BCUT2D eigenvalue weighted by Crippen LogP contribution is 2.19. The Morgan fingerprint density at radius 2 is 2.06 bits per heavy atom. The van der Waals surface area contributed by atoms with Crippen LogP contribution in [0.2, 0.25) is 0 Å². The van der Waals surface area contributed by atoms with Gasteiger partial charge in [-0.3, -0.25) is 9.59 Å². The molecular weight excluding hydrogens is 252 g/mol. The van der Waals surface area contributed by atoms with Gasteiger partial charge < -0.3 is 10.0 Å². The first-order chi connectivity index (χ1) is 8.20. The predicted octanol–water partition coefficient (Wildman–Crippen LogP) is 2.02. The Kier molecular flexibility index (Phi) is 4.45. The fourth-order valence-corrected chi connectivity index (χ4v) is 2.29. The molecule has 0 bridgehead atoms. The highest BCUT2D eigenvalue weighted by molar-refractivity contribution is 7.03. The standard InChI is InChI=1S/C12H18N2O3S/c1-8-9(6-18-13-8)11(17)14(5-10(15)16)7-12(2,3)4/h6H,5,7H2,1-4H3,(H,15,16). The normalized spacial score (nSPS) is 11.3. The van der Waals surface area contributed by atoms with Crippen molar-refractivity contribution in [3.05, 3.63) is 16.6 Å². The third-order valence-electron chi connectivity index (χ3n) is 2.26. The van der Waals surface area contributed by atoms with E-state index in [0.29, 0.717) is 17.8 Å². The molecular formula is C12H18N2O3S. The van der Waals surface area contributed by atoms with Gasteiger partial charge in [-0.15, -0.1) is 0 Å². The van der Waals surface area contributed by atoms with E-state index in [2.05, 4.69) is 4.37 Å². The van der Waals surface area contributed by atoms with Gasteiger partial charge in [-0.05, 0) is 23.9 Å². The van der Waals surface area contributed by atoms with E-state index in [1.807, 2.05) is 20.8 Å². The summed E-state index contributed by atoms with van der Waals surface area (Å²) in [5.74, 6) is -1.27. The molecule has 0 aliphatic rings. The van der Waals surface area contributed by atoms with Gasteiger partial charge in [0, 0.05) is 11.9 Å². The average molecular weight is 270 g/mol. The second-order valence-electron chi connectivity index (χ2n) is 5.43. The van der Waals surface area contributed by atoms with Gasteiger partial charge in [0.25, 0.3) is 5.91 Å². The van der Waals surface area contributed by atoms with E-state index in [-0.39, 0.29) is 17.9 Å². The Labute approximate surface area is 111 Å². The summed E-state index contributed by atoms with van der Waals surface area (Å²) in [4.78, 5) is 24.5. The number of aromatic nitrogens is 1. The van der Waals surface area contributed by atoms with Gasteiger partial charge in [-0.25, -0.2) is 0 Å². The zero-order valence-corrected chi connectivity index (χ0v) is 11.9. The van der Waals surface area contributed by atoms with Crippen molar-refractivity contribution < 1.29 is 14.7 Å². The van der Waals surface area contributed by atoms with Crippen LogP contribution in [-0.2, 0) is 4.79 Å². The molecule has 0 atom stereocenters. The number of hydrogen-bond acceptors (Lipinski definition) is 4. The molecule has 0 aliphatic heterocycles. The summed E-state index contributed by atoms with van der Waals surface area (Å²) < 4.78 is 4.04. The van der Waals surface area contributed by atoms with Crippen LogP contribution >= 0.6 is 11.5 Å². The topological polar surface area (TPSA) is 70.5 Å². The minimum Gasteiger partial charge on any atom is -0.480 e. The van der Waals surface area contributed by atoms with Crippen molar-refractivity contribution in [3.8, 4) is 0 Å². The summed E-state index contributed by atoms with van der Waals surface area (Å²) in [6.07, 6.45) is 0. The van der Waals surface area contributed by atoms with Crippen molar-refractivity contribution in [2.75, 3.05) is 13.1 Å². The lowest BCUT2D eigenvalue weighted by molar-refractivity contribution is -0.138. The molecule has 0 unspecified atom stereocenters. The van der Waals surface area contributed by atoms with Crippen LogP contribution in [-0.4, -0.2) is 39.3 Å². The molecule has 0 saturated heterocycles. The Hall–Kier alpha value is -1.43. The molecule has 0 radical (unpaired) electrons. The van der Waals surface area contributed by atoms with Gasteiger partial charge in [0.05, 0.1) is 11.3 Å². The van der Waals surface area contributed by atoms with Crippen LogP contribution in [0.15, 0.2) is 5.38 Å². The number of hydrogen-bond donors (Lipinski definition) is 1. The number of rotatable bonds is 4. The third kappa shape index (κ3) is 4.10. The fraction of sp³-hybridized carbons (Fsp3) is 0.583. The second-order valence-corrected chi connectivity index (χ2v) is 6.06. The maximum absolute atomic E-state index is 12.3. The molecule has 1 amide bonds. The first-order valence-electron chi connectivity index (χ1n) is 5.63. The third-order valence-corrected chi connectivity index (χ3v) is 2.98. The molecule has 1 N–H and O–H groups in total. The molecule has 0 aromatic carbocycles. The van der Waals surface area contributed by atoms with Crippen LogP contribution in [0.1, 0.15) is 36.8 Å². The number of carboxylic acids is 1. The van der Waals surface area contributed by atoms with Crippen LogP contribution in [0.4, 0.5) is 0 Å².